The van der Waals surface area contributed by atoms with Crippen molar-refractivity contribution in [3.63, 3.8) is 0 Å². The molecule has 0 heterocycles. The fraction of sp³-hybridized carbons (Fsp3) is 0.231. The third-order valence-corrected chi connectivity index (χ3v) is 6.01. The molecule has 1 amide bonds. The largest absolute Gasteiger partial charge is 0.478 e. The van der Waals surface area contributed by atoms with E-state index in [-0.39, 0.29) is 30.2 Å². The van der Waals surface area contributed by atoms with Crippen LogP contribution in [0.15, 0.2) is 66.7 Å². The number of aryl methyl sites for hydroxylation is 1. The molecule has 7 heteroatoms. The van der Waals surface area contributed by atoms with Gasteiger partial charge in [-0.1, -0.05) is 54.6 Å². The van der Waals surface area contributed by atoms with Gasteiger partial charge in [0.15, 0.2) is 0 Å². The molecule has 7 nitrogen and oxygen atoms in total. The van der Waals surface area contributed by atoms with Gasteiger partial charge in [-0.25, -0.2) is 9.59 Å². The van der Waals surface area contributed by atoms with Crippen molar-refractivity contribution in [3.05, 3.63) is 94.5 Å². The highest BCUT2D eigenvalue weighted by atomic mass is 16.5. The number of rotatable bonds is 7. The predicted molar refractivity (Wildman–Crippen MR) is 122 cm³/mol. The van der Waals surface area contributed by atoms with Gasteiger partial charge in [0.1, 0.15) is 18.8 Å². The summed E-state index contributed by atoms with van der Waals surface area (Å²) in [6, 6.07) is 20.3. The summed E-state index contributed by atoms with van der Waals surface area (Å²) in [5.41, 5.74) is 5.36. The molecule has 2 atom stereocenters. The van der Waals surface area contributed by atoms with Gasteiger partial charge in [-0.15, -0.1) is 0 Å². The van der Waals surface area contributed by atoms with Crippen LogP contribution in [0.5, 0.6) is 0 Å². The Bertz CT molecular complexity index is 1150. The van der Waals surface area contributed by atoms with Gasteiger partial charge >= 0.3 is 12.1 Å². The van der Waals surface area contributed by atoms with Crippen molar-refractivity contribution < 1.29 is 29.6 Å². The minimum Gasteiger partial charge on any atom is -0.478 e. The molecule has 0 radical (unpaired) electrons. The summed E-state index contributed by atoms with van der Waals surface area (Å²) in [5, 5.41) is 32.4. The molecule has 3 aromatic carbocycles. The molecule has 0 bridgehead atoms. The van der Waals surface area contributed by atoms with Gasteiger partial charge in [0.25, 0.3) is 0 Å². The highest BCUT2D eigenvalue weighted by Crippen LogP contribution is 2.44. The second-order valence-corrected chi connectivity index (χ2v) is 8.10. The Hall–Kier alpha value is -3.68. The minimum absolute atomic E-state index is 0.00588. The number of carboxylic acids is 1. The third kappa shape index (κ3) is 4.60. The number of hydrogen-bond donors (Lipinski definition) is 4. The Morgan fingerprint density at radius 2 is 1.58 bits per heavy atom. The number of carbonyl (C=O) groups is 2. The Labute approximate surface area is 191 Å². The van der Waals surface area contributed by atoms with Crippen molar-refractivity contribution in [2.45, 2.75) is 25.0 Å². The number of aliphatic hydroxyl groups is 2. The molecule has 3 aromatic rings. The van der Waals surface area contributed by atoms with E-state index in [1.807, 2.05) is 48.5 Å². The lowest BCUT2D eigenvalue weighted by Crippen LogP contribution is -2.36. The van der Waals surface area contributed by atoms with Crippen molar-refractivity contribution in [1.29, 1.82) is 0 Å². The zero-order valence-corrected chi connectivity index (χ0v) is 18.1. The van der Waals surface area contributed by atoms with E-state index < -0.39 is 24.3 Å². The predicted octanol–water partition coefficient (Wildman–Crippen LogP) is 3.63. The second kappa shape index (κ2) is 9.44. The Morgan fingerprint density at radius 1 is 0.970 bits per heavy atom. The zero-order valence-electron chi connectivity index (χ0n) is 18.1. The Balaban J connectivity index is 1.36. The number of nitrogens with one attached hydrogen (secondary N) is 1. The molecule has 4 rings (SSSR count). The van der Waals surface area contributed by atoms with E-state index in [0.29, 0.717) is 5.56 Å². The lowest BCUT2D eigenvalue weighted by molar-refractivity contribution is 0.0181. The summed E-state index contributed by atoms with van der Waals surface area (Å²) in [7, 11) is 0. The number of aromatic carboxylic acids is 1. The minimum atomic E-state index is -1.36. The van der Waals surface area contributed by atoms with Crippen LogP contribution in [0.4, 0.5) is 4.79 Å². The molecule has 0 aromatic heterocycles. The standard InChI is InChI=1S/C26H25NO6/c1-15-10-11-16(25(30)31)12-21(15)24(29)23(28)13-27-26(32)33-14-22-19-8-4-2-6-17(19)18-7-3-5-9-20(18)22/h2-12,22-24,28-29H,13-14H2,1H3,(H,27,32)(H,30,31). The van der Waals surface area contributed by atoms with Crippen molar-refractivity contribution in [3.8, 4) is 11.1 Å². The van der Waals surface area contributed by atoms with Crippen LogP contribution in [0.3, 0.4) is 0 Å². The first-order valence-electron chi connectivity index (χ1n) is 10.7. The Kier molecular flexibility index (Phi) is 6.44. The van der Waals surface area contributed by atoms with E-state index in [4.69, 9.17) is 9.84 Å². The van der Waals surface area contributed by atoms with Crippen LogP contribution in [0.2, 0.25) is 0 Å². The molecule has 4 N–H and O–H groups in total. The molecule has 0 aliphatic heterocycles. The average molecular weight is 447 g/mol. The summed E-state index contributed by atoms with van der Waals surface area (Å²) < 4.78 is 5.43. The van der Waals surface area contributed by atoms with Crippen LogP contribution in [0, 0.1) is 6.92 Å². The van der Waals surface area contributed by atoms with Crippen LogP contribution < -0.4 is 5.32 Å². The fourth-order valence-electron chi connectivity index (χ4n) is 4.25. The number of alkyl carbamates (subject to hydrolysis) is 1. The lowest BCUT2D eigenvalue weighted by atomic mass is 9.97. The molecule has 33 heavy (non-hydrogen) atoms. The molecule has 0 saturated carbocycles. The van der Waals surface area contributed by atoms with Crippen LogP contribution in [-0.4, -0.2) is 46.6 Å². The number of carboxylic acid groups (broad SMARTS) is 1. The van der Waals surface area contributed by atoms with Gasteiger partial charge in [0.05, 0.1) is 5.56 Å². The molecule has 1 aliphatic rings. The SMILES string of the molecule is Cc1ccc(C(=O)O)cc1C(O)C(O)CNC(=O)OCC1c2ccccc2-c2ccccc21. The molecular weight excluding hydrogens is 422 g/mol. The van der Waals surface area contributed by atoms with E-state index in [9.17, 15) is 19.8 Å². The molecule has 0 spiro atoms. The smallest absolute Gasteiger partial charge is 0.407 e. The van der Waals surface area contributed by atoms with Crippen LogP contribution in [-0.2, 0) is 4.74 Å². The first kappa shape index (κ1) is 22.5. The molecule has 0 saturated heterocycles. The van der Waals surface area contributed by atoms with E-state index in [2.05, 4.69) is 5.32 Å². The van der Waals surface area contributed by atoms with Gasteiger partial charge in [0, 0.05) is 12.5 Å². The molecule has 1 aliphatic carbocycles. The van der Waals surface area contributed by atoms with Crippen molar-refractivity contribution >= 4 is 12.1 Å². The van der Waals surface area contributed by atoms with Crippen molar-refractivity contribution in [2.24, 2.45) is 0 Å². The van der Waals surface area contributed by atoms with E-state index in [0.717, 1.165) is 22.3 Å². The van der Waals surface area contributed by atoms with Gasteiger partial charge in [-0.05, 0) is 52.4 Å². The van der Waals surface area contributed by atoms with Gasteiger partial charge in [-0.3, -0.25) is 0 Å². The fourth-order valence-corrected chi connectivity index (χ4v) is 4.25. The lowest BCUT2D eigenvalue weighted by Gasteiger charge is -2.21. The van der Waals surface area contributed by atoms with Crippen LogP contribution in [0.1, 0.15) is 44.6 Å². The van der Waals surface area contributed by atoms with Crippen LogP contribution >= 0.6 is 0 Å². The maximum absolute atomic E-state index is 12.3. The number of ether oxygens (including phenoxy) is 1. The highest BCUT2D eigenvalue weighted by molar-refractivity contribution is 5.88. The topological polar surface area (TPSA) is 116 Å². The van der Waals surface area contributed by atoms with E-state index in [1.54, 1.807) is 13.0 Å². The maximum Gasteiger partial charge on any atom is 0.407 e. The van der Waals surface area contributed by atoms with Crippen molar-refractivity contribution in [2.75, 3.05) is 13.2 Å². The van der Waals surface area contributed by atoms with E-state index >= 15 is 0 Å². The monoisotopic (exact) mass is 447 g/mol. The zero-order chi connectivity index (χ0) is 23.5. The number of hydrogen-bond acceptors (Lipinski definition) is 5. The molecule has 2 unspecified atom stereocenters. The molecule has 0 fully saturated rings. The summed E-state index contributed by atoms with van der Waals surface area (Å²) in [5.74, 6) is -1.21. The second-order valence-electron chi connectivity index (χ2n) is 8.10. The molecular formula is C26H25NO6. The highest BCUT2D eigenvalue weighted by Gasteiger charge is 2.29. The van der Waals surface area contributed by atoms with Crippen LogP contribution in [0.25, 0.3) is 11.1 Å². The van der Waals surface area contributed by atoms with Gasteiger partial charge < -0.3 is 25.4 Å². The number of fused-ring (bicyclic) bond motifs is 3. The van der Waals surface area contributed by atoms with Crippen molar-refractivity contribution in [1.82, 2.24) is 5.32 Å². The maximum atomic E-state index is 12.3. The number of amides is 1. The summed E-state index contributed by atoms with van der Waals surface area (Å²) in [6.07, 6.45) is -3.41. The normalized spacial score (nSPS) is 14.2. The number of benzene rings is 3. The average Bonchev–Trinajstić information content (AvgIpc) is 3.14. The first-order chi connectivity index (χ1) is 15.9. The summed E-state index contributed by atoms with van der Waals surface area (Å²) in [6.45, 7) is 1.59. The summed E-state index contributed by atoms with van der Waals surface area (Å²) in [4.78, 5) is 23.5. The molecule has 170 valence electrons. The van der Waals surface area contributed by atoms with Gasteiger partial charge in [-0.2, -0.15) is 0 Å². The Morgan fingerprint density at radius 3 is 2.18 bits per heavy atom. The quantitative estimate of drug-likeness (QED) is 0.440. The summed E-state index contributed by atoms with van der Waals surface area (Å²) >= 11 is 0. The van der Waals surface area contributed by atoms with Gasteiger partial charge in [0.2, 0.25) is 0 Å². The first-order valence-corrected chi connectivity index (χ1v) is 10.7. The van der Waals surface area contributed by atoms with E-state index in [1.165, 1.54) is 12.1 Å². The number of aliphatic hydroxyl groups excluding tert-OH is 2. The third-order valence-electron chi connectivity index (χ3n) is 6.01. The number of carbonyl (C=O) groups excluding carboxylic acids is 1.